The summed E-state index contributed by atoms with van der Waals surface area (Å²) in [5, 5.41) is 5.98. The number of piperidine rings is 1. The van der Waals surface area contributed by atoms with Gasteiger partial charge in [0.1, 0.15) is 0 Å². The lowest BCUT2D eigenvalue weighted by Gasteiger charge is -2.36. The summed E-state index contributed by atoms with van der Waals surface area (Å²) in [7, 11) is 0. The van der Waals surface area contributed by atoms with Crippen molar-refractivity contribution >= 4 is 22.9 Å². The van der Waals surface area contributed by atoms with Gasteiger partial charge < -0.3 is 25.8 Å². The van der Waals surface area contributed by atoms with Gasteiger partial charge in [0.15, 0.2) is 17.0 Å². The Kier molecular flexibility index (Phi) is 10.3. The SMILES string of the molecule is CCCCOC(CCCC)C1CCN(Nc2nc(NC3CCC(N)CC3)nc3c2ncn3C2CCCC2)CC1. The summed E-state index contributed by atoms with van der Waals surface area (Å²) in [4.78, 5) is 14.8. The van der Waals surface area contributed by atoms with Gasteiger partial charge in [-0.25, -0.2) is 9.99 Å². The van der Waals surface area contributed by atoms with E-state index in [2.05, 4.69) is 34.2 Å². The van der Waals surface area contributed by atoms with Gasteiger partial charge in [-0.2, -0.15) is 9.97 Å². The number of fused-ring (bicyclic) bond motifs is 1. The van der Waals surface area contributed by atoms with E-state index in [1.165, 1.54) is 51.4 Å². The zero-order valence-corrected chi connectivity index (χ0v) is 24.4. The number of nitrogens with zero attached hydrogens (tertiary/aromatic N) is 5. The molecule has 0 spiro atoms. The van der Waals surface area contributed by atoms with Crippen LogP contribution in [-0.2, 0) is 4.74 Å². The number of nitrogens with two attached hydrogens (primary N) is 1. The molecule has 2 saturated carbocycles. The molecule has 1 aliphatic heterocycles. The smallest absolute Gasteiger partial charge is 0.227 e. The van der Waals surface area contributed by atoms with Crippen LogP contribution in [0.3, 0.4) is 0 Å². The zero-order valence-electron chi connectivity index (χ0n) is 24.4. The molecule has 2 aromatic rings. The standard InChI is InChI=1S/C30H52N8O/c1-3-5-11-26(39-20-6-4-2)22-16-18-37(19-17-22)36-28-27-29(38(21-32-27)25-9-7-8-10-25)35-30(34-28)33-24-14-12-23(31)13-15-24/h21-26H,3-20,31H2,1-2H3,(H2,33,34,35,36). The van der Waals surface area contributed by atoms with Gasteiger partial charge in [0.25, 0.3) is 0 Å². The van der Waals surface area contributed by atoms with Gasteiger partial charge in [-0.3, -0.25) is 0 Å². The van der Waals surface area contributed by atoms with E-state index in [-0.39, 0.29) is 0 Å². The Morgan fingerprint density at radius 3 is 2.44 bits per heavy atom. The lowest BCUT2D eigenvalue weighted by molar-refractivity contribution is -0.0143. The molecule has 3 aliphatic rings. The molecule has 39 heavy (non-hydrogen) atoms. The van der Waals surface area contributed by atoms with Crippen LogP contribution in [0, 0.1) is 5.92 Å². The van der Waals surface area contributed by atoms with Gasteiger partial charge in [-0.15, -0.1) is 0 Å². The van der Waals surface area contributed by atoms with Gasteiger partial charge >= 0.3 is 0 Å². The molecule has 1 atom stereocenters. The fraction of sp³-hybridized carbons (Fsp3) is 0.833. The summed E-state index contributed by atoms with van der Waals surface area (Å²) in [5.41, 5.74) is 11.7. The molecule has 0 amide bonds. The Hall–Kier alpha value is -1.97. The number of imidazole rings is 1. The predicted molar refractivity (Wildman–Crippen MR) is 159 cm³/mol. The number of hydrogen-bond donors (Lipinski definition) is 3. The maximum atomic E-state index is 6.39. The first-order chi connectivity index (χ1) is 19.1. The molecule has 2 aliphatic carbocycles. The number of hydrazine groups is 1. The van der Waals surface area contributed by atoms with E-state index in [0.717, 1.165) is 81.6 Å². The topological polar surface area (TPSA) is 106 Å². The van der Waals surface area contributed by atoms with Crippen molar-refractivity contribution < 1.29 is 4.74 Å². The van der Waals surface area contributed by atoms with Crippen molar-refractivity contribution in [3.63, 3.8) is 0 Å². The second-order valence-electron chi connectivity index (χ2n) is 12.3. The van der Waals surface area contributed by atoms with Crippen molar-refractivity contribution in [2.24, 2.45) is 11.7 Å². The maximum Gasteiger partial charge on any atom is 0.227 e. The summed E-state index contributed by atoms with van der Waals surface area (Å²) in [5.74, 6) is 2.17. The van der Waals surface area contributed by atoms with Crippen molar-refractivity contribution in [3.8, 4) is 0 Å². The molecule has 0 radical (unpaired) electrons. The van der Waals surface area contributed by atoms with Gasteiger partial charge in [0.2, 0.25) is 5.95 Å². The molecule has 2 aromatic heterocycles. The molecule has 1 unspecified atom stereocenters. The van der Waals surface area contributed by atoms with E-state index < -0.39 is 0 Å². The zero-order chi connectivity index (χ0) is 27.0. The van der Waals surface area contributed by atoms with Crippen LogP contribution >= 0.6 is 0 Å². The van der Waals surface area contributed by atoms with Crippen molar-refractivity contribution in [3.05, 3.63) is 6.33 Å². The third-order valence-electron chi connectivity index (χ3n) is 9.25. The highest BCUT2D eigenvalue weighted by molar-refractivity contribution is 5.84. The first-order valence-electron chi connectivity index (χ1n) is 16.0. The Balaban J connectivity index is 1.29. The predicted octanol–water partition coefficient (Wildman–Crippen LogP) is 6.04. The van der Waals surface area contributed by atoms with Crippen LogP contribution in [0.25, 0.3) is 11.2 Å². The Morgan fingerprint density at radius 1 is 0.974 bits per heavy atom. The number of anilines is 2. The third kappa shape index (κ3) is 7.41. The van der Waals surface area contributed by atoms with Gasteiger partial charge in [0, 0.05) is 37.8 Å². The third-order valence-corrected chi connectivity index (χ3v) is 9.25. The summed E-state index contributed by atoms with van der Waals surface area (Å²) in [6, 6.07) is 1.19. The van der Waals surface area contributed by atoms with Gasteiger partial charge in [-0.1, -0.05) is 46.0 Å². The van der Waals surface area contributed by atoms with Crippen LogP contribution in [0.1, 0.15) is 116 Å². The quantitative estimate of drug-likeness (QED) is 0.264. The molecule has 0 bridgehead atoms. The normalized spacial score (nSPS) is 24.4. The van der Waals surface area contributed by atoms with Crippen molar-refractivity contribution in [2.75, 3.05) is 30.4 Å². The van der Waals surface area contributed by atoms with E-state index in [1.54, 1.807) is 0 Å². The summed E-state index contributed by atoms with van der Waals surface area (Å²) in [6.45, 7) is 7.39. The summed E-state index contributed by atoms with van der Waals surface area (Å²) < 4.78 is 8.69. The van der Waals surface area contributed by atoms with Crippen LogP contribution in [0.5, 0.6) is 0 Å². The Morgan fingerprint density at radius 2 is 1.72 bits per heavy atom. The summed E-state index contributed by atoms with van der Waals surface area (Å²) in [6.07, 6.45) is 19.9. The average Bonchev–Trinajstić information content (AvgIpc) is 3.63. The van der Waals surface area contributed by atoms with Crippen LogP contribution in [0.15, 0.2) is 6.33 Å². The van der Waals surface area contributed by atoms with Gasteiger partial charge in [-0.05, 0) is 70.1 Å². The molecule has 218 valence electrons. The molecule has 3 heterocycles. The number of ether oxygens (including phenoxy) is 1. The maximum absolute atomic E-state index is 6.39. The van der Waals surface area contributed by atoms with Crippen molar-refractivity contribution in [1.29, 1.82) is 0 Å². The number of nitrogens with one attached hydrogen (secondary N) is 2. The number of rotatable bonds is 13. The largest absolute Gasteiger partial charge is 0.378 e. The lowest BCUT2D eigenvalue weighted by atomic mass is 9.89. The van der Waals surface area contributed by atoms with E-state index in [9.17, 15) is 0 Å². The second kappa shape index (κ2) is 14.1. The van der Waals surface area contributed by atoms with Crippen molar-refractivity contribution in [1.82, 2.24) is 24.5 Å². The monoisotopic (exact) mass is 540 g/mol. The molecule has 9 heteroatoms. The molecule has 0 aromatic carbocycles. The average molecular weight is 541 g/mol. The molecule has 3 fully saturated rings. The molecular weight excluding hydrogens is 488 g/mol. The van der Waals surface area contributed by atoms with E-state index >= 15 is 0 Å². The first kappa shape index (κ1) is 28.6. The molecular formula is C30H52N8O. The minimum Gasteiger partial charge on any atom is -0.378 e. The minimum absolute atomic E-state index is 0.328. The van der Waals surface area contributed by atoms with Crippen LogP contribution in [0.2, 0.25) is 0 Å². The number of hydrogen-bond acceptors (Lipinski definition) is 8. The molecule has 5 rings (SSSR count). The number of unbranched alkanes of at least 4 members (excludes halogenated alkanes) is 2. The lowest BCUT2D eigenvalue weighted by Crippen LogP contribution is -2.42. The molecule has 9 nitrogen and oxygen atoms in total. The van der Waals surface area contributed by atoms with Crippen molar-refractivity contribution in [2.45, 2.75) is 134 Å². The van der Waals surface area contributed by atoms with Crippen LogP contribution in [0.4, 0.5) is 11.8 Å². The molecule has 1 saturated heterocycles. The number of aromatic nitrogens is 4. The van der Waals surface area contributed by atoms with E-state index in [4.69, 9.17) is 25.4 Å². The highest BCUT2D eigenvalue weighted by Crippen LogP contribution is 2.34. The van der Waals surface area contributed by atoms with E-state index in [1.807, 2.05) is 6.33 Å². The fourth-order valence-electron chi connectivity index (χ4n) is 6.73. The van der Waals surface area contributed by atoms with Gasteiger partial charge in [0.05, 0.1) is 12.4 Å². The highest BCUT2D eigenvalue weighted by atomic mass is 16.5. The first-order valence-corrected chi connectivity index (χ1v) is 16.0. The van der Waals surface area contributed by atoms with E-state index in [0.29, 0.717) is 36.1 Å². The highest BCUT2D eigenvalue weighted by Gasteiger charge is 2.29. The summed E-state index contributed by atoms with van der Waals surface area (Å²) >= 11 is 0. The Labute approximate surface area is 235 Å². The fourth-order valence-corrected chi connectivity index (χ4v) is 6.73. The van der Waals surface area contributed by atoms with Crippen LogP contribution in [-0.4, -0.2) is 62.4 Å². The second-order valence-corrected chi connectivity index (χ2v) is 12.3. The minimum atomic E-state index is 0.328. The molecule has 4 N–H and O–H groups in total. The Bertz CT molecular complexity index is 1010. The van der Waals surface area contributed by atoms with Crippen LogP contribution < -0.4 is 16.5 Å².